The zero-order chi connectivity index (χ0) is 15.2. The van der Waals surface area contributed by atoms with Crippen molar-refractivity contribution < 1.29 is 13.3 Å². The van der Waals surface area contributed by atoms with Gasteiger partial charge >= 0.3 is 0 Å². The maximum Gasteiger partial charge on any atom is 0.123 e. The van der Waals surface area contributed by atoms with Crippen molar-refractivity contribution in [3.8, 4) is 5.75 Å². The molecule has 0 heterocycles. The van der Waals surface area contributed by atoms with Gasteiger partial charge in [-0.25, -0.2) is 4.39 Å². The van der Waals surface area contributed by atoms with Crippen molar-refractivity contribution in [1.82, 2.24) is 0 Å². The molecule has 0 N–H and O–H groups in total. The molecule has 2 unspecified atom stereocenters. The molecule has 21 heavy (non-hydrogen) atoms. The highest BCUT2D eigenvalue weighted by molar-refractivity contribution is 7.84. The van der Waals surface area contributed by atoms with Gasteiger partial charge < -0.3 is 4.74 Å². The van der Waals surface area contributed by atoms with Crippen LogP contribution in [0.2, 0.25) is 0 Å². The Morgan fingerprint density at radius 1 is 1.14 bits per heavy atom. The van der Waals surface area contributed by atoms with Crippen LogP contribution < -0.4 is 4.74 Å². The van der Waals surface area contributed by atoms with E-state index in [0.717, 1.165) is 16.9 Å². The molecular formula is C17H19FO2S. The summed E-state index contributed by atoms with van der Waals surface area (Å²) in [6, 6.07) is 13.8. The van der Waals surface area contributed by atoms with Crippen LogP contribution in [0.3, 0.4) is 0 Å². The summed E-state index contributed by atoms with van der Waals surface area (Å²) in [5.41, 5.74) is 1.82. The second kappa shape index (κ2) is 7.36. The van der Waals surface area contributed by atoms with E-state index in [0.29, 0.717) is 12.4 Å². The Balaban J connectivity index is 2.12. The Bertz CT molecular complexity index is 610. The van der Waals surface area contributed by atoms with Crippen LogP contribution in [0.1, 0.15) is 30.2 Å². The largest absolute Gasteiger partial charge is 0.494 e. The highest BCUT2D eigenvalue weighted by Crippen LogP contribution is 2.26. The molecule has 0 aromatic heterocycles. The van der Waals surface area contributed by atoms with Crippen LogP contribution in [0, 0.1) is 5.82 Å². The Hall–Kier alpha value is -1.68. The van der Waals surface area contributed by atoms with Gasteiger partial charge in [-0.15, -0.1) is 0 Å². The summed E-state index contributed by atoms with van der Waals surface area (Å²) in [5, 5.41) is -0.153. The molecule has 0 radical (unpaired) electrons. The van der Waals surface area contributed by atoms with Gasteiger partial charge in [0, 0.05) is 16.4 Å². The van der Waals surface area contributed by atoms with Crippen molar-refractivity contribution in [1.29, 1.82) is 0 Å². The van der Waals surface area contributed by atoms with Gasteiger partial charge in [0.05, 0.1) is 17.6 Å². The van der Waals surface area contributed by atoms with E-state index in [1.165, 1.54) is 12.1 Å². The van der Waals surface area contributed by atoms with Gasteiger partial charge in [-0.2, -0.15) is 0 Å². The summed E-state index contributed by atoms with van der Waals surface area (Å²) in [6.45, 7) is 4.40. The molecule has 2 atom stereocenters. The normalized spacial score (nSPS) is 13.7. The summed E-state index contributed by atoms with van der Waals surface area (Å²) in [5.74, 6) is 0.924. The van der Waals surface area contributed by atoms with E-state index >= 15 is 0 Å². The molecule has 0 aliphatic heterocycles. The van der Waals surface area contributed by atoms with E-state index in [1.807, 2.05) is 38.1 Å². The third kappa shape index (κ3) is 4.14. The molecule has 0 bridgehead atoms. The Kier molecular flexibility index (Phi) is 5.51. The summed E-state index contributed by atoms with van der Waals surface area (Å²) in [4.78, 5) is 0. The highest BCUT2D eigenvalue weighted by atomic mass is 32.2. The molecular weight excluding hydrogens is 287 g/mol. The lowest BCUT2D eigenvalue weighted by Gasteiger charge is -2.14. The SMILES string of the molecule is CCOc1ccccc1CS(=O)C(C)c1ccc(F)cc1. The van der Waals surface area contributed by atoms with Gasteiger partial charge in [-0.3, -0.25) is 4.21 Å². The van der Waals surface area contributed by atoms with Gasteiger partial charge in [0.2, 0.25) is 0 Å². The summed E-state index contributed by atoms with van der Waals surface area (Å²) >= 11 is 0. The van der Waals surface area contributed by atoms with Crippen molar-refractivity contribution in [3.05, 3.63) is 65.5 Å². The Labute approximate surface area is 127 Å². The van der Waals surface area contributed by atoms with Crippen LogP contribution in [-0.2, 0) is 16.6 Å². The van der Waals surface area contributed by atoms with E-state index in [9.17, 15) is 8.60 Å². The van der Waals surface area contributed by atoms with Crippen molar-refractivity contribution in [3.63, 3.8) is 0 Å². The standard InChI is InChI=1S/C17H19FO2S/c1-3-20-17-7-5-4-6-15(17)12-21(19)13(2)14-8-10-16(18)11-9-14/h4-11,13H,3,12H2,1-2H3. The van der Waals surface area contributed by atoms with Crippen molar-refractivity contribution >= 4 is 10.8 Å². The van der Waals surface area contributed by atoms with Crippen LogP contribution in [0.15, 0.2) is 48.5 Å². The second-order valence-electron chi connectivity index (χ2n) is 4.76. The van der Waals surface area contributed by atoms with Gasteiger partial charge in [0.25, 0.3) is 0 Å². The molecule has 0 aliphatic carbocycles. The first-order valence-corrected chi connectivity index (χ1v) is 8.33. The quantitative estimate of drug-likeness (QED) is 0.798. The van der Waals surface area contributed by atoms with E-state index in [1.54, 1.807) is 12.1 Å². The van der Waals surface area contributed by atoms with Crippen molar-refractivity contribution in [2.24, 2.45) is 0 Å². The summed E-state index contributed by atoms with van der Waals surface area (Å²) in [7, 11) is -1.09. The minimum atomic E-state index is -1.09. The molecule has 2 rings (SSSR count). The smallest absolute Gasteiger partial charge is 0.123 e. The van der Waals surface area contributed by atoms with Gasteiger partial charge in [0.1, 0.15) is 11.6 Å². The number of hydrogen-bond donors (Lipinski definition) is 0. The lowest BCUT2D eigenvalue weighted by Crippen LogP contribution is -2.07. The third-order valence-electron chi connectivity index (χ3n) is 3.30. The third-order valence-corrected chi connectivity index (χ3v) is 4.96. The molecule has 0 aliphatic rings. The molecule has 0 saturated carbocycles. The molecule has 4 heteroatoms. The molecule has 0 spiro atoms. The Morgan fingerprint density at radius 3 is 2.48 bits per heavy atom. The average molecular weight is 306 g/mol. The molecule has 0 fully saturated rings. The molecule has 2 nitrogen and oxygen atoms in total. The minimum absolute atomic E-state index is 0.153. The van der Waals surface area contributed by atoms with Crippen LogP contribution in [0.5, 0.6) is 5.75 Å². The molecule has 112 valence electrons. The lowest BCUT2D eigenvalue weighted by atomic mass is 10.2. The van der Waals surface area contributed by atoms with Crippen molar-refractivity contribution in [2.75, 3.05) is 6.61 Å². The van der Waals surface area contributed by atoms with Gasteiger partial charge in [-0.1, -0.05) is 30.3 Å². The fourth-order valence-electron chi connectivity index (χ4n) is 2.08. The van der Waals surface area contributed by atoms with Crippen LogP contribution in [0.25, 0.3) is 0 Å². The Morgan fingerprint density at radius 2 is 1.81 bits per heavy atom. The number of benzene rings is 2. The number of halogens is 1. The van der Waals surface area contributed by atoms with Crippen LogP contribution in [-0.4, -0.2) is 10.8 Å². The number of ether oxygens (including phenoxy) is 1. The van der Waals surface area contributed by atoms with E-state index in [-0.39, 0.29) is 11.1 Å². The predicted molar refractivity (Wildman–Crippen MR) is 84.3 cm³/mol. The van der Waals surface area contributed by atoms with E-state index < -0.39 is 10.8 Å². The first kappa shape index (κ1) is 15.7. The zero-order valence-electron chi connectivity index (χ0n) is 12.2. The fraction of sp³-hybridized carbons (Fsp3) is 0.294. The molecule has 0 amide bonds. The maximum atomic E-state index is 12.9. The topological polar surface area (TPSA) is 26.3 Å². The van der Waals surface area contributed by atoms with Gasteiger partial charge in [-0.05, 0) is 37.6 Å². The fourth-order valence-corrected chi connectivity index (χ4v) is 3.34. The van der Waals surface area contributed by atoms with Gasteiger partial charge in [0.15, 0.2) is 0 Å². The maximum absolute atomic E-state index is 12.9. The number of hydrogen-bond acceptors (Lipinski definition) is 2. The van der Waals surface area contributed by atoms with Crippen LogP contribution in [0.4, 0.5) is 4.39 Å². The summed E-state index contributed by atoms with van der Waals surface area (Å²) < 4.78 is 31.0. The average Bonchev–Trinajstić information content (AvgIpc) is 2.49. The first-order valence-electron chi connectivity index (χ1n) is 6.95. The summed E-state index contributed by atoms with van der Waals surface area (Å²) in [6.07, 6.45) is 0. The van der Waals surface area contributed by atoms with Crippen LogP contribution >= 0.6 is 0 Å². The van der Waals surface area contributed by atoms with E-state index in [4.69, 9.17) is 4.74 Å². The second-order valence-corrected chi connectivity index (χ2v) is 6.52. The minimum Gasteiger partial charge on any atom is -0.494 e. The lowest BCUT2D eigenvalue weighted by molar-refractivity contribution is 0.337. The monoisotopic (exact) mass is 306 g/mol. The zero-order valence-corrected chi connectivity index (χ0v) is 13.0. The number of rotatable bonds is 6. The molecule has 2 aromatic rings. The molecule has 2 aromatic carbocycles. The van der Waals surface area contributed by atoms with E-state index in [2.05, 4.69) is 0 Å². The van der Waals surface area contributed by atoms with Crippen molar-refractivity contribution in [2.45, 2.75) is 24.9 Å². The molecule has 0 saturated heterocycles. The first-order chi connectivity index (χ1) is 10.1. The predicted octanol–water partition coefficient (Wildman–Crippen LogP) is 4.23. The highest BCUT2D eigenvalue weighted by Gasteiger charge is 2.16. The number of para-hydroxylation sites is 1.